The summed E-state index contributed by atoms with van der Waals surface area (Å²) in [5, 5.41) is 0. The average molecular weight is 134 g/mol. The average Bonchev–Trinajstić information content (AvgIpc) is 1.93. The largest absolute Gasteiger partial charge is 0.0806 e. The standard InChI is InChI=1S/C10H14/c1-8-7-9-5-3-4-6-10(8,9)2/h3-6,8-9H,7H2,1-2H3. The van der Waals surface area contributed by atoms with Crippen molar-refractivity contribution < 1.29 is 0 Å². The second-order valence-electron chi connectivity index (χ2n) is 3.85. The Morgan fingerprint density at radius 1 is 1.40 bits per heavy atom. The van der Waals surface area contributed by atoms with Crippen molar-refractivity contribution in [2.24, 2.45) is 17.3 Å². The summed E-state index contributed by atoms with van der Waals surface area (Å²) in [6, 6.07) is 0. The Bertz CT molecular complexity index is 200. The fourth-order valence-electron chi connectivity index (χ4n) is 2.13. The van der Waals surface area contributed by atoms with Gasteiger partial charge in [-0.3, -0.25) is 0 Å². The van der Waals surface area contributed by atoms with Gasteiger partial charge < -0.3 is 0 Å². The Morgan fingerprint density at radius 3 is 2.70 bits per heavy atom. The van der Waals surface area contributed by atoms with E-state index < -0.39 is 0 Å². The van der Waals surface area contributed by atoms with Crippen LogP contribution in [0.5, 0.6) is 0 Å². The molecule has 0 aromatic rings. The van der Waals surface area contributed by atoms with Crippen LogP contribution in [0.2, 0.25) is 0 Å². The Labute approximate surface area is 62.6 Å². The summed E-state index contributed by atoms with van der Waals surface area (Å²) in [5.74, 6) is 1.73. The maximum atomic E-state index is 2.37. The van der Waals surface area contributed by atoms with E-state index in [1.165, 1.54) is 6.42 Å². The van der Waals surface area contributed by atoms with Crippen LogP contribution in [0, 0.1) is 17.3 Å². The highest BCUT2D eigenvalue weighted by Gasteiger charge is 2.46. The third-order valence-electron chi connectivity index (χ3n) is 3.38. The van der Waals surface area contributed by atoms with Crippen molar-refractivity contribution in [3.63, 3.8) is 0 Å². The van der Waals surface area contributed by atoms with E-state index in [1.807, 2.05) is 0 Å². The molecule has 0 aliphatic heterocycles. The fraction of sp³-hybridized carbons (Fsp3) is 0.600. The predicted molar refractivity (Wildman–Crippen MR) is 43.7 cm³/mol. The van der Waals surface area contributed by atoms with Crippen molar-refractivity contribution in [2.75, 3.05) is 0 Å². The lowest BCUT2D eigenvalue weighted by Gasteiger charge is -2.51. The van der Waals surface area contributed by atoms with E-state index in [0.29, 0.717) is 5.41 Å². The lowest BCUT2D eigenvalue weighted by molar-refractivity contribution is 0.0559. The lowest BCUT2D eigenvalue weighted by Crippen LogP contribution is -2.43. The van der Waals surface area contributed by atoms with Crippen molar-refractivity contribution in [1.29, 1.82) is 0 Å². The molecule has 0 radical (unpaired) electrons. The van der Waals surface area contributed by atoms with Crippen LogP contribution < -0.4 is 0 Å². The second kappa shape index (κ2) is 1.75. The zero-order valence-corrected chi connectivity index (χ0v) is 6.67. The van der Waals surface area contributed by atoms with Gasteiger partial charge in [0.2, 0.25) is 0 Å². The minimum Gasteiger partial charge on any atom is -0.0806 e. The van der Waals surface area contributed by atoms with Crippen molar-refractivity contribution >= 4 is 0 Å². The molecule has 2 aliphatic rings. The summed E-state index contributed by atoms with van der Waals surface area (Å²) < 4.78 is 0. The van der Waals surface area contributed by atoms with Crippen molar-refractivity contribution in [3.8, 4) is 0 Å². The van der Waals surface area contributed by atoms with Gasteiger partial charge >= 0.3 is 0 Å². The first-order valence-electron chi connectivity index (χ1n) is 4.09. The van der Waals surface area contributed by atoms with Crippen LogP contribution in [0.4, 0.5) is 0 Å². The molecule has 0 aromatic carbocycles. The molecule has 3 unspecified atom stereocenters. The Hall–Kier alpha value is -0.520. The van der Waals surface area contributed by atoms with Gasteiger partial charge in [0.05, 0.1) is 0 Å². The molecular weight excluding hydrogens is 120 g/mol. The van der Waals surface area contributed by atoms with E-state index in [2.05, 4.69) is 38.2 Å². The Morgan fingerprint density at radius 2 is 2.20 bits per heavy atom. The molecule has 0 saturated heterocycles. The van der Waals surface area contributed by atoms with Crippen molar-refractivity contribution in [1.82, 2.24) is 0 Å². The van der Waals surface area contributed by atoms with Gasteiger partial charge in [0.1, 0.15) is 0 Å². The van der Waals surface area contributed by atoms with Crippen LogP contribution in [0.1, 0.15) is 20.3 Å². The third kappa shape index (κ3) is 0.570. The van der Waals surface area contributed by atoms with E-state index in [1.54, 1.807) is 0 Å². The van der Waals surface area contributed by atoms with E-state index in [0.717, 1.165) is 11.8 Å². The Balaban J connectivity index is 2.27. The van der Waals surface area contributed by atoms with Gasteiger partial charge in [-0.1, -0.05) is 38.2 Å². The lowest BCUT2D eigenvalue weighted by atomic mass is 9.53. The highest BCUT2D eigenvalue weighted by molar-refractivity contribution is 5.24. The molecule has 1 saturated carbocycles. The SMILES string of the molecule is CC1CC2C=CC=CC12C. The van der Waals surface area contributed by atoms with Crippen molar-refractivity contribution in [2.45, 2.75) is 20.3 Å². The number of allylic oxidation sites excluding steroid dienone is 4. The van der Waals surface area contributed by atoms with Crippen molar-refractivity contribution in [3.05, 3.63) is 24.3 Å². The van der Waals surface area contributed by atoms with Gasteiger partial charge in [-0.15, -0.1) is 0 Å². The quantitative estimate of drug-likeness (QED) is 0.478. The second-order valence-corrected chi connectivity index (χ2v) is 3.85. The minimum atomic E-state index is 0.509. The zero-order chi connectivity index (χ0) is 7.19. The van der Waals surface area contributed by atoms with Gasteiger partial charge in [0, 0.05) is 0 Å². The highest BCUT2D eigenvalue weighted by Crippen LogP contribution is 2.54. The number of hydrogen-bond acceptors (Lipinski definition) is 0. The minimum absolute atomic E-state index is 0.509. The summed E-state index contributed by atoms with van der Waals surface area (Å²) in [5.41, 5.74) is 0.509. The maximum Gasteiger partial charge on any atom is -0.00546 e. The molecule has 0 N–H and O–H groups in total. The fourth-order valence-corrected chi connectivity index (χ4v) is 2.13. The number of hydrogen-bond donors (Lipinski definition) is 0. The van der Waals surface area contributed by atoms with Crippen LogP contribution >= 0.6 is 0 Å². The van der Waals surface area contributed by atoms with Crippen LogP contribution in [0.25, 0.3) is 0 Å². The summed E-state index contributed by atoms with van der Waals surface area (Å²) in [6.07, 6.45) is 10.5. The molecular formula is C10H14. The molecule has 2 rings (SSSR count). The summed E-state index contributed by atoms with van der Waals surface area (Å²) in [4.78, 5) is 0. The smallest absolute Gasteiger partial charge is 0.00546 e. The molecule has 1 fully saturated rings. The number of fused-ring (bicyclic) bond motifs is 1. The van der Waals surface area contributed by atoms with E-state index in [4.69, 9.17) is 0 Å². The molecule has 10 heavy (non-hydrogen) atoms. The van der Waals surface area contributed by atoms with Gasteiger partial charge in [0.25, 0.3) is 0 Å². The normalized spacial score (nSPS) is 50.2. The van der Waals surface area contributed by atoms with Crippen LogP contribution in [0.3, 0.4) is 0 Å². The molecule has 0 amide bonds. The van der Waals surface area contributed by atoms with Gasteiger partial charge in [0.15, 0.2) is 0 Å². The first-order chi connectivity index (χ1) is 4.73. The monoisotopic (exact) mass is 134 g/mol. The van der Waals surface area contributed by atoms with E-state index in [-0.39, 0.29) is 0 Å². The van der Waals surface area contributed by atoms with E-state index >= 15 is 0 Å². The van der Waals surface area contributed by atoms with Crippen LogP contribution in [-0.4, -0.2) is 0 Å². The predicted octanol–water partition coefficient (Wildman–Crippen LogP) is 2.77. The molecule has 0 bridgehead atoms. The maximum absolute atomic E-state index is 2.37. The Kier molecular flexibility index (Phi) is 1.08. The molecule has 3 atom stereocenters. The first-order valence-corrected chi connectivity index (χ1v) is 4.09. The van der Waals surface area contributed by atoms with Crippen LogP contribution in [-0.2, 0) is 0 Å². The molecule has 0 heteroatoms. The summed E-state index contributed by atoms with van der Waals surface area (Å²) in [6.45, 7) is 4.71. The molecule has 0 nitrogen and oxygen atoms in total. The molecule has 0 aromatic heterocycles. The van der Waals surface area contributed by atoms with Gasteiger partial charge in [-0.05, 0) is 23.7 Å². The number of rotatable bonds is 0. The molecule has 54 valence electrons. The molecule has 0 heterocycles. The molecule has 0 spiro atoms. The topological polar surface area (TPSA) is 0 Å². The van der Waals surface area contributed by atoms with Gasteiger partial charge in [-0.25, -0.2) is 0 Å². The van der Waals surface area contributed by atoms with Crippen LogP contribution in [0.15, 0.2) is 24.3 Å². The summed E-state index contributed by atoms with van der Waals surface area (Å²) >= 11 is 0. The first kappa shape index (κ1) is 6.21. The van der Waals surface area contributed by atoms with E-state index in [9.17, 15) is 0 Å². The molecule has 2 aliphatic carbocycles. The van der Waals surface area contributed by atoms with Gasteiger partial charge in [-0.2, -0.15) is 0 Å². The highest BCUT2D eigenvalue weighted by atomic mass is 14.5. The zero-order valence-electron chi connectivity index (χ0n) is 6.67. The summed E-state index contributed by atoms with van der Waals surface area (Å²) in [7, 11) is 0. The third-order valence-corrected chi connectivity index (χ3v) is 3.38.